The zero-order chi connectivity index (χ0) is 36.0. The van der Waals surface area contributed by atoms with E-state index in [-0.39, 0.29) is 0 Å². The number of fused-ring (bicyclic) bond motifs is 6. The van der Waals surface area contributed by atoms with E-state index in [9.17, 15) is 0 Å². The van der Waals surface area contributed by atoms with Crippen LogP contribution in [0.5, 0.6) is 11.5 Å². The molecule has 0 fully saturated rings. The van der Waals surface area contributed by atoms with Crippen LogP contribution < -0.4 is 4.74 Å². The van der Waals surface area contributed by atoms with Gasteiger partial charge in [-0.25, -0.2) is 9.67 Å². The number of aromatic nitrogens is 6. The van der Waals surface area contributed by atoms with Crippen LogP contribution in [0.3, 0.4) is 0 Å². The predicted molar refractivity (Wildman–Crippen MR) is 212 cm³/mol. The lowest BCUT2D eigenvalue weighted by atomic mass is 10.0. The first-order valence-corrected chi connectivity index (χ1v) is 17.8. The number of nitrogens with zero attached hydrogens (tertiary/aromatic N) is 6. The van der Waals surface area contributed by atoms with Crippen LogP contribution in [0, 0.1) is 55.4 Å². The first kappa shape index (κ1) is 31.7. The third kappa shape index (κ3) is 4.83. The molecule has 0 unspecified atom stereocenters. The van der Waals surface area contributed by atoms with E-state index in [0.29, 0.717) is 0 Å². The van der Waals surface area contributed by atoms with Crippen LogP contribution in [-0.2, 0) is 0 Å². The van der Waals surface area contributed by atoms with Crippen LogP contribution >= 0.6 is 0 Å². The lowest BCUT2D eigenvalue weighted by Gasteiger charge is -2.14. The Balaban J connectivity index is 1.24. The minimum Gasteiger partial charge on any atom is -0.457 e. The van der Waals surface area contributed by atoms with Gasteiger partial charge in [0.25, 0.3) is 0 Å². The molecule has 0 aliphatic carbocycles. The van der Waals surface area contributed by atoms with E-state index in [0.717, 1.165) is 62.1 Å². The van der Waals surface area contributed by atoms with E-state index in [4.69, 9.17) is 9.72 Å². The molecule has 0 saturated carbocycles. The summed E-state index contributed by atoms with van der Waals surface area (Å²) in [4.78, 5) is 5.03. The average molecular weight is 681 g/mol. The van der Waals surface area contributed by atoms with E-state index in [1.165, 1.54) is 55.0 Å². The Labute approximate surface area is 302 Å². The SMILES string of the molecule is Cc1cc(Oc2ccc3c4cc(C)ccc4n(-c4cc(-n5c6c(C)ccc(C)c6c6c(C)ccc(C)c65)ccn4)c3c2)cc(-n2nnc(C)c2C)c1. The molecular formula is C45H40N6O. The van der Waals surface area contributed by atoms with Gasteiger partial charge in [0.15, 0.2) is 0 Å². The first-order chi connectivity index (χ1) is 25.1. The summed E-state index contributed by atoms with van der Waals surface area (Å²) in [6.45, 7) is 17.1. The van der Waals surface area contributed by atoms with Crippen molar-refractivity contribution in [3.8, 4) is 28.7 Å². The summed E-state index contributed by atoms with van der Waals surface area (Å²) in [7, 11) is 0. The van der Waals surface area contributed by atoms with Gasteiger partial charge in [0.2, 0.25) is 0 Å². The molecule has 0 radical (unpaired) electrons. The lowest BCUT2D eigenvalue weighted by molar-refractivity contribution is 0.482. The maximum Gasteiger partial charge on any atom is 0.139 e. The highest BCUT2D eigenvalue weighted by Gasteiger charge is 2.21. The van der Waals surface area contributed by atoms with Gasteiger partial charge >= 0.3 is 0 Å². The fraction of sp³-hybridized carbons (Fsp3) is 0.178. The van der Waals surface area contributed by atoms with Crippen molar-refractivity contribution in [3.05, 3.63) is 142 Å². The van der Waals surface area contributed by atoms with E-state index in [2.05, 4.69) is 146 Å². The molecule has 0 aliphatic heterocycles. The minimum atomic E-state index is 0.739. The summed E-state index contributed by atoms with van der Waals surface area (Å²) in [5.74, 6) is 2.33. The van der Waals surface area contributed by atoms with E-state index in [1.54, 1.807) is 0 Å². The van der Waals surface area contributed by atoms with Gasteiger partial charge in [0, 0.05) is 45.9 Å². The molecule has 7 nitrogen and oxygen atoms in total. The molecule has 0 spiro atoms. The maximum absolute atomic E-state index is 6.62. The lowest BCUT2D eigenvalue weighted by Crippen LogP contribution is -2.02. The van der Waals surface area contributed by atoms with Gasteiger partial charge in [-0.15, -0.1) is 5.10 Å². The van der Waals surface area contributed by atoms with E-state index in [1.807, 2.05) is 30.8 Å². The third-order valence-electron chi connectivity index (χ3n) is 10.6. The molecule has 0 atom stereocenters. The van der Waals surface area contributed by atoms with Crippen molar-refractivity contribution in [1.29, 1.82) is 0 Å². The maximum atomic E-state index is 6.62. The Morgan fingerprint density at radius 2 is 1.23 bits per heavy atom. The molecule has 7 heteroatoms. The molecule has 4 aromatic heterocycles. The molecular weight excluding hydrogens is 641 g/mol. The largest absolute Gasteiger partial charge is 0.457 e. The number of pyridine rings is 1. The Kier molecular flexibility index (Phi) is 7.12. The molecule has 0 aliphatic rings. The second-order valence-electron chi connectivity index (χ2n) is 14.4. The summed E-state index contributed by atoms with van der Waals surface area (Å²) in [6, 6.07) is 32.5. The number of aryl methyl sites for hydroxylation is 7. The highest BCUT2D eigenvalue weighted by molar-refractivity contribution is 6.14. The van der Waals surface area contributed by atoms with Crippen LogP contribution in [0.2, 0.25) is 0 Å². The molecule has 256 valence electrons. The quantitative estimate of drug-likeness (QED) is 0.181. The second-order valence-corrected chi connectivity index (χ2v) is 14.4. The number of rotatable bonds is 5. The number of benzene rings is 5. The van der Waals surface area contributed by atoms with Crippen LogP contribution in [0.15, 0.2) is 97.2 Å². The Morgan fingerprint density at radius 3 is 1.92 bits per heavy atom. The predicted octanol–water partition coefficient (Wildman–Crippen LogP) is 11.1. The topological polar surface area (TPSA) is 62.7 Å². The van der Waals surface area contributed by atoms with E-state index >= 15 is 0 Å². The fourth-order valence-corrected chi connectivity index (χ4v) is 7.96. The zero-order valence-corrected chi connectivity index (χ0v) is 30.8. The fourth-order valence-electron chi connectivity index (χ4n) is 7.96. The van der Waals surface area contributed by atoms with Crippen molar-refractivity contribution < 1.29 is 4.74 Å². The minimum absolute atomic E-state index is 0.739. The van der Waals surface area contributed by atoms with Gasteiger partial charge in [-0.3, -0.25) is 4.57 Å². The van der Waals surface area contributed by atoms with Crippen LogP contribution in [-0.4, -0.2) is 29.1 Å². The van der Waals surface area contributed by atoms with Crippen molar-refractivity contribution in [2.45, 2.75) is 55.4 Å². The van der Waals surface area contributed by atoms with Crippen molar-refractivity contribution in [1.82, 2.24) is 29.1 Å². The van der Waals surface area contributed by atoms with E-state index < -0.39 is 0 Å². The summed E-state index contributed by atoms with van der Waals surface area (Å²) < 4.78 is 13.2. The van der Waals surface area contributed by atoms with Gasteiger partial charge in [0.1, 0.15) is 17.3 Å². The first-order valence-electron chi connectivity index (χ1n) is 17.8. The number of ether oxygens (including phenoxy) is 1. The smallest absolute Gasteiger partial charge is 0.139 e. The Morgan fingerprint density at radius 1 is 0.519 bits per heavy atom. The van der Waals surface area contributed by atoms with Gasteiger partial charge in [-0.05, 0) is 126 Å². The number of hydrogen-bond donors (Lipinski definition) is 0. The number of hydrogen-bond acceptors (Lipinski definition) is 4. The van der Waals surface area contributed by atoms with Gasteiger partial charge in [-0.1, -0.05) is 41.1 Å². The second kappa shape index (κ2) is 11.7. The summed E-state index contributed by atoms with van der Waals surface area (Å²) >= 11 is 0. The Hall–Kier alpha value is -6.21. The summed E-state index contributed by atoms with van der Waals surface area (Å²) in [6.07, 6.45) is 1.94. The van der Waals surface area contributed by atoms with Crippen molar-refractivity contribution in [3.63, 3.8) is 0 Å². The molecule has 0 N–H and O–H groups in total. The molecule has 5 aromatic carbocycles. The normalized spacial score (nSPS) is 11.8. The summed E-state index contributed by atoms with van der Waals surface area (Å²) in [5.41, 5.74) is 15.9. The molecule has 4 heterocycles. The highest BCUT2D eigenvalue weighted by atomic mass is 16.5. The van der Waals surface area contributed by atoms with Gasteiger partial charge in [-0.2, -0.15) is 0 Å². The van der Waals surface area contributed by atoms with Crippen LogP contribution in [0.1, 0.15) is 44.8 Å². The molecule has 0 saturated heterocycles. The molecule has 0 bridgehead atoms. The van der Waals surface area contributed by atoms with Crippen molar-refractivity contribution in [2.24, 2.45) is 0 Å². The average Bonchev–Trinajstić information content (AvgIpc) is 3.78. The van der Waals surface area contributed by atoms with Crippen molar-refractivity contribution in [2.75, 3.05) is 0 Å². The van der Waals surface area contributed by atoms with Gasteiger partial charge in [0.05, 0.1) is 44.8 Å². The zero-order valence-electron chi connectivity index (χ0n) is 30.8. The molecule has 52 heavy (non-hydrogen) atoms. The van der Waals surface area contributed by atoms with Crippen molar-refractivity contribution >= 4 is 43.6 Å². The molecule has 9 aromatic rings. The van der Waals surface area contributed by atoms with Crippen LogP contribution in [0.25, 0.3) is 60.8 Å². The van der Waals surface area contributed by atoms with Crippen LogP contribution in [0.4, 0.5) is 0 Å². The summed E-state index contributed by atoms with van der Waals surface area (Å²) in [5, 5.41) is 13.6. The molecule has 9 rings (SSSR count). The molecule has 0 amide bonds. The third-order valence-corrected chi connectivity index (χ3v) is 10.6. The monoisotopic (exact) mass is 680 g/mol. The highest BCUT2D eigenvalue weighted by Crippen LogP contribution is 2.40. The Bertz CT molecular complexity index is 2860. The van der Waals surface area contributed by atoms with Gasteiger partial charge < -0.3 is 9.30 Å². The standard InChI is InChI=1S/C45H40N6O/c1-25-9-16-39-38(21-25)37-15-14-35(52-36-20-26(2)19-34(22-36)51-32(8)31(7)47-48-51)24-40(37)50(39)41-23-33(17-18-46-41)49-44-29(5)12-10-27(3)42(44)43-28(4)11-13-30(6)45(43)49/h9-24H,1-8H3.